The maximum absolute atomic E-state index is 12.5. The maximum Gasteiger partial charge on any atom is 0.264 e. The van der Waals surface area contributed by atoms with Crippen LogP contribution in [0, 0.1) is 13.8 Å². The number of aryl methyl sites for hydroxylation is 1. The van der Waals surface area contributed by atoms with Gasteiger partial charge in [0, 0.05) is 24.3 Å². The topological polar surface area (TPSA) is 41.6 Å². The summed E-state index contributed by atoms with van der Waals surface area (Å²) in [5, 5.41) is 3.44. The standard InChI is InChI=1S/C22H28N2O2S/c1-5-14-24(15-6-2)22(27)26-19-12-10-18(11-13-19)21(25)23-20-9-7-8-16(3)17(20)4/h7-13H,5-6,14-15H2,1-4H3,(H,23,25). The largest absolute Gasteiger partial charge is 0.432 e. The Hall–Kier alpha value is -2.40. The van der Waals surface area contributed by atoms with Gasteiger partial charge in [0.15, 0.2) is 0 Å². The van der Waals surface area contributed by atoms with Crippen molar-refractivity contribution in [1.82, 2.24) is 4.90 Å². The number of thiocarbonyl (C=S) groups is 1. The van der Waals surface area contributed by atoms with E-state index in [9.17, 15) is 4.79 Å². The van der Waals surface area contributed by atoms with Crippen molar-refractivity contribution in [2.75, 3.05) is 18.4 Å². The Balaban J connectivity index is 2.02. The van der Waals surface area contributed by atoms with E-state index in [1.54, 1.807) is 24.3 Å². The lowest BCUT2D eigenvalue weighted by Gasteiger charge is -2.23. The molecule has 0 heterocycles. The minimum absolute atomic E-state index is 0.142. The van der Waals surface area contributed by atoms with Crippen molar-refractivity contribution in [3.63, 3.8) is 0 Å². The third-order valence-electron chi connectivity index (χ3n) is 4.42. The zero-order chi connectivity index (χ0) is 19.8. The van der Waals surface area contributed by atoms with E-state index in [0.29, 0.717) is 16.5 Å². The number of carbonyl (C=O) groups excluding carboxylic acids is 1. The van der Waals surface area contributed by atoms with Crippen LogP contribution in [0.2, 0.25) is 0 Å². The van der Waals surface area contributed by atoms with Gasteiger partial charge in [-0.2, -0.15) is 0 Å². The summed E-state index contributed by atoms with van der Waals surface area (Å²) in [7, 11) is 0. The molecule has 0 fully saturated rings. The predicted octanol–water partition coefficient (Wildman–Crippen LogP) is 5.34. The molecular weight excluding hydrogens is 356 g/mol. The minimum Gasteiger partial charge on any atom is -0.432 e. The molecular formula is C22H28N2O2S. The molecule has 5 heteroatoms. The second-order valence-corrected chi connectivity index (χ2v) is 6.93. The number of carbonyl (C=O) groups is 1. The third-order valence-corrected chi connectivity index (χ3v) is 4.76. The number of hydrogen-bond acceptors (Lipinski definition) is 3. The molecule has 0 aliphatic heterocycles. The van der Waals surface area contributed by atoms with E-state index in [1.165, 1.54) is 0 Å². The Kier molecular flexibility index (Phi) is 7.80. The summed E-state index contributed by atoms with van der Waals surface area (Å²) in [6, 6.07) is 12.9. The lowest BCUT2D eigenvalue weighted by molar-refractivity contribution is 0.102. The van der Waals surface area contributed by atoms with Crippen molar-refractivity contribution in [2.24, 2.45) is 0 Å². The van der Waals surface area contributed by atoms with Gasteiger partial charge in [0.25, 0.3) is 11.1 Å². The van der Waals surface area contributed by atoms with Crippen LogP contribution in [0.5, 0.6) is 5.75 Å². The van der Waals surface area contributed by atoms with E-state index < -0.39 is 0 Å². The van der Waals surface area contributed by atoms with E-state index in [-0.39, 0.29) is 5.91 Å². The Morgan fingerprint density at radius 1 is 1.04 bits per heavy atom. The fourth-order valence-electron chi connectivity index (χ4n) is 2.75. The molecule has 0 aliphatic carbocycles. The van der Waals surface area contributed by atoms with Gasteiger partial charge in [-0.15, -0.1) is 0 Å². The first kappa shape index (κ1) is 20.9. The highest BCUT2D eigenvalue weighted by molar-refractivity contribution is 7.80. The Labute approximate surface area is 167 Å². The van der Waals surface area contributed by atoms with Crippen LogP contribution in [0.1, 0.15) is 48.2 Å². The molecule has 0 aromatic heterocycles. The Morgan fingerprint density at radius 3 is 2.26 bits per heavy atom. The van der Waals surface area contributed by atoms with Crippen molar-refractivity contribution in [1.29, 1.82) is 0 Å². The van der Waals surface area contributed by atoms with E-state index in [0.717, 1.165) is 42.7 Å². The summed E-state index contributed by atoms with van der Waals surface area (Å²) < 4.78 is 5.80. The maximum atomic E-state index is 12.5. The van der Waals surface area contributed by atoms with Crippen LogP contribution in [0.15, 0.2) is 42.5 Å². The molecule has 4 nitrogen and oxygen atoms in total. The van der Waals surface area contributed by atoms with Gasteiger partial charge in [-0.25, -0.2) is 0 Å². The minimum atomic E-state index is -0.142. The normalized spacial score (nSPS) is 10.4. The van der Waals surface area contributed by atoms with Crippen LogP contribution >= 0.6 is 12.2 Å². The molecule has 0 unspecified atom stereocenters. The molecule has 2 rings (SSSR count). The Morgan fingerprint density at radius 2 is 1.67 bits per heavy atom. The second-order valence-electron chi connectivity index (χ2n) is 6.58. The molecule has 1 N–H and O–H groups in total. The fourth-order valence-corrected chi connectivity index (χ4v) is 3.03. The van der Waals surface area contributed by atoms with Gasteiger partial charge >= 0.3 is 0 Å². The molecule has 27 heavy (non-hydrogen) atoms. The van der Waals surface area contributed by atoms with Crippen LogP contribution in [0.4, 0.5) is 5.69 Å². The van der Waals surface area contributed by atoms with Gasteiger partial charge in [-0.3, -0.25) is 4.79 Å². The zero-order valence-corrected chi connectivity index (χ0v) is 17.4. The second kappa shape index (κ2) is 10.1. The van der Waals surface area contributed by atoms with E-state index in [2.05, 4.69) is 24.1 Å². The SMILES string of the molecule is CCCN(CCC)C(=S)Oc1ccc(C(=O)Nc2cccc(C)c2C)cc1. The van der Waals surface area contributed by atoms with Crippen molar-refractivity contribution in [3.8, 4) is 5.75 Å². The molecule has 0 bridgehead atoms. The first-order chi connectivity index (χ1) is 13.0. The van der Waals surface area contributed by atoms with Gasteiger partial charge in [-0.05, 0) is 80.4 Å². The summed E-state index contributed by atoms with van der Waals surface area (Å²) in [6.07, 6.45) is 2.03. The molecule has 0 aliphatic rings. The average Bonchev–Trinajstić information content (AvgIpc) is 2.65. The van der Waals surface area contributed by atoms with Crippen LogP contribution in [0.3, 0.4) is 0 Å². The van der Waals surface area contributed by atoms with Gasteiger partial charge in [0.05, 0.1) is 0 Å². The number of anilines is 1. The zero-order valence-electron chi connectivity index (χ0n) is 16.5. The van der Waals surface area contributed by atoms with E-state index >= 15 is 0 Å². The van der Waals surface area contributed by atoms with Crippen LogP contribution in [-0.4, -0.2) is 29.1 Å². The molecule has 2 aromatic carbocycles. The lowest BCUT2D eigenvalue weighted by atomic mass is 10.1. The van der Waals surface area contributed by atoms with Gasteiger partial charge < -0.3 is 15.0 Å². The molecule has 1 amide bonds. The fraction of sp³-hybridized carbons (Fsp3) is 0.364. The molecule has 0 atom stereocenters. The highest BCUT2D eigenvalue weighted by atomic mass is 32.1. The number of rotatable bonds is 7. The lowest BCUT2D eigenvalue weighted by Crippen LogP contribution is -2.34. The number of hydrogen-bond donors (Lipinski definition) is 1. The van der Waals surface area contributed by atoms with Crippen LogP contribution in [-0.2, 0) is 0 Å². The number of amides is 1. The average molecular weight is 385 g/mol. The van der Waals surface area contributed by atoms with E-state index in [1.807, 2.05) is 32.0 Å². The highest BCUT2D eigenvalue weighted by Crippen LogP contribution is 2.20. The summed E-state index contributed by atoms with van der Waals surface area (Å²) in [4.78, 5) is 14.6. The molecule has 0 spiro atoms. The summed E-state index contributed by atoms with van der Waals surface area (Å²) >= 11 is 5.41. The number of nitrogens with one attached hydrogen (secondary N) is 1. The van der Waals surface area contributed by atoms with Crippen LogP contribution < -0.4 is 10.1 Å². The summed E-state index contributed by atoms with van der Waals surface area (Å²) in [5.41, 5.74) is 3.63. The van der Waals surface area contributed by atoms with Crippen molar-refractivity contribution < 1.29 is 9.53 Å². The van der Waals surface area contributed by atoms with Gasteiger partial charge in [-0.1, -0.05) is 26.0 Å². The highest BCUT2D eigenvalue weighted by Gasteiger charge is 2.12. The number of benzene rings is 2. The molecule has 0 radical (unpaired) electrons. The molecule has 0 saturated heterocycles. The third kappa shape index (κ3) is 5.79. The van der Waals surface area contributed by atoms with Crippen molar-refractivity contribution >= 4 is 29.0 Å². The number of nitrogens with zero attached hydrogens (tertiary/aromatic N) is 1. The molecule has 144 valence electrons. The predicted molar refractivity (Wildman–Crippen MR) is 116 cm³/mol. The first-order valence-electron chi connectivity index (χ1n) is 9.40. The van der Waals surface area contributed by atoms with Crippen molar-refractivity contribution in [2.45, 2.75) is 40.5 Å². The summed E-state index contributed by atoms with van der Waals surface area (Å²) in [5.74, 6) is 0.497. The van der Waals surface area contributed by atoms with E-state index in [4.69, 9.17) is 17.0 Å². The summed E-state index contributed by atoms with van der Waals surface area (Å²) in [6.45, 7) is 10.0. The Bertz CT molecular complexity index is 781. The van der Waals surface area contributed by atoms with Crippen molar-refractivity contribution in [3.05, 3.63) is 59.2 Å². The van der Waals surface area contributed by atoms with Gasteiger partial charge in [0.2, 0.25) is 0 Å². The molecule has 0 saturated carbocycles. The first-order valence-corrected chi connectivity index (χ1v) is 9.81. The smallest absolute Gasteiger partial charge is 0.264 e. The quantitative estimate of drug-likeness (QED) is 0.654. The van der Waals surface area contributed by atoms with Crippen LogP contribution in [0.25, 0.3) is 0 Å². The monoisotopic (exact) mass is 384 g/mol. The number of ether oxygens (including phenoxy) is 1. The van der Waals surface area contributed by atoms with Gasteiger partial charge in [0.1, 0.15) is 5.75 Å². The molecule has 2 aromatic rings.